The SMILES string of the molecule is CCC(CC(=O)N1CC[C@@H](N)C1)C(C)C. The Morgan fingerprint density at radius 2 is 2.20 bits per heavy atom. The number of hydrogen-bond acceptors (Lipinski definition) is 2. The summed E-state index contributed by atoms with van der Waals surface area (Å²) in [6, 6.07) is 0.202. The average Bonchev–Trinajstić information content (AvgIpc) is 2.60. The Bertz CT molecular complexity index is 216. The number of likely N-dealkylation sites (tertiary alicyclic amines) is 1. The van der Waals surface area contributed by atoms with Gasteiger partial charge in [-0.1, -0.05) is 27.2 Å². The van der Waals surface area contributed by atoms with E-state index in [4.69, 9.17) is 5.73 Å². The van der Waals surface area contributed by atoms with Crippen molar-refractivity contribution < 1.29 is 4.79 Å². The van der Waals surface area contributed by atoms with Gasteiger partial charge in [-0.2, -0.15) is 0 Å². The van der Waals surface area contributed by atoms with Crippen molar-refractivity contribution in [3.8, 4) is 0 Å². The van der Waals surface area contributed by atoms with E-state index >= 15 is 0 Å². The molecule has 1 saturated heterocycles. The monoisotopic (exact) mass is 212 g/mol. The Kier molecular flexibility index (Phi) is 4.58. The fraction of sp³-hybridized carbons (Fsp3) is 0.917. The summed E-state index contributed by atoms with van der Waals surface area (Å²) < 4.78 is 0. The van der Waals surface area contributed by atoms with E-state index in [0.29, 0.717) is 24.2 Å². The summed E-state index contributed by atoms with van der Waals surface area (Å²) in [5, 5.41) is 0. The van der Waals surface area contributed by atoms with Crippen LogP contribution < -0.4 is 5.73 Å². The third-order valence-corrected chi connectivity index (χ3v) is 3.48. The first-order valence-electron chi connectivity index (χ1n) is 6.08. The second-order valence-electron chi connectivity index (χ2n) is 5.00. The molecule has 0 radical (unpaired) electrons. The third kappa shape index (κ3) is 3.49. The molecular weight excluding hydrogens is 188 g/mol. The van der Waals surface area contributed by atoms with Crippen molar-refractivity contribution in [2.45, 2.75) is 46.1 Å². The van der Waals surface area contributed by atoms with Gasteiger partial charge in [0, 0.05) is 25.6 Å². The van der Waals surface area contributed by atoms with Crippen molar-refractivity contribution in [3.05, 3.63) is 0 Å². The lowest BCUT2D eigenvalue weighted by Crippen LogP contribution is -2.33. The fourth-order valence-corrected chi connectivity index (χ4v) is 2.22. The summed E-state index contributed by atoms with van der Waals surface area (Å²) >= 11 is 0. The van der Waals surface area contributed by atoms with Gasteiger partial charge in [-0.25, -0.2) is 0 Å². The van der Waals surface area contributed by atoms with Crippen molar-refractivity contribution in [2.24, 2.45) is 17.6 Å². The molecule has 1 unspecified atom stereocenters. The number of amides is 1. The van der Waals surface area contributed by atoms with Crippen molar-refractivity contribution in [1.29, 1.82) is 0 Å². The van der Waals surface area contributed by atoms with E-state index in [1.165, 1.54) is 0 Å². The first-order valence-corrected chi connectivity index (χ1v) is 6.08. The molecule has 3 nitrogen and oxygen atoms in total. The lowest BCUT2D eigenvalue weighted by molar-refractivity contribution is -0.131. The zero-order valence-corrected chi connectivity index (χ0v) is 10.2. The van der Waals surface area contributed by atoms with Crippen molar-refractivity contribution in [3.63, 3.8) is 0 Å². The molecule has 0 aliphatic carbocycles. The first-order chi connectivity index (χ1) is 7.04. The van der Waals surface area contributed by atoms with E-state index in [2.05, 4.69) is 20.8 Å². The average molecular weight is 212 g/mol. The minimum Gasteiger partial charge on any atom is -0.341 e. The molecule has 0 aromatic heterocycles. The molecule has 0 bridgehead atoms. The molecule has 1 fully saturated rings. The van der Waals surface area contributed by atoms with Gasteiger partial charge in [-0.05, 0) is 18.3 Å². The van der Waals surface area contributed by atoms with Crippen molar-refractivity contribution >= 4 is 5.91 Å². The topological polar surface area (TPSA) is 46.3 Å². The van der Waals surface area contributed by atoms with Gasteiger partial charge in [0.2, 0.25) is 5.91 Å². The summed E-state index contributed by atoms with van der Waals surface area (Å²) in [7, 11) is 0. The second kappa shape index (κ2) is 5.50. The Balaban J connectivity index is 2.40. The molecule has 0 spiro atoms. The van der Waals surface area contributed by atoms with Crippen LogP contribution >= 0.6 is 0 Å². The molecule has 3 heteroatoms. The number of nitrogens with two attached hydrogens (primary N) is 1. The van der Waals surface area contributed by atoms with Gasteiger partial charge in [0.05, 0.1) is 0 Å². The molecule has 1 rings (SSSR count). The van der Waals surface area contributed by atoms with Gasteiger partial charge in [0.15, 0.2) is 0 Å². The fourth-order valence-electron chi connectivity index (χ4n) is 2.22. The predicted molar refractivity (Wildman–Crippen MR) is 62.4 cm³/mol. The molecule has 2 atom stereocenters. The van der Waals surface area contributed by atoms with Crippen LogP contribution in [0.15, 0.2) is 0 Å². The number of hydrogen-bond donors (Lipinski definition) is 1. The smallest absolute Gasteiger partial charge is 0.222 e. The van der Waals surface area contributed by atoms with E-state index < -0.39 is 0 Å². The lowest BCUT2D eigenvalue weighted by Gasteiger charge is -2.22. The molecule has 88 valence electrons. The zero-order chi connectivity index (χ0) is 11.4. The highest BCUT2D eigenvalue weighted by Gasteiger charge is 2.25. The van der Waals surface area contributed by atoms with Crippen LogP contribution in [0.5, 0.6) is 0 Å². The maximum atomic E-state index is 11.9. The summed E-state index contributed by atoms with van der Waals surface area (Å²) in [5.41, 5.74) is 5.79. The molecule has 1 aliphatic heterocycles. The highest BCUT2D eigenvalue weighted by Crippen LogP contribution is 2.21. The number of carbonyl (C=O) groups excluding carboxylic acids is 1. The highest BCUT2D eigenvalue weighted by atomic mass is 16.2. The Labute approximate surface area is 93.0 Å². The maximum Gasteiger partial charge on any atom is 0.222 e. The molecule has 0 saturated carbocycles. The van der Waals surface area contributed by atoms with Crippen LogP contribution in [0.4, 0.5) is 0 Å². The van der Waals surface area contributed by atoms with Crippen LogP contribution in [-0.2, 0) is 4.79 Å². The minimum atomic E-state index is 0.202. The Hall–Kier alpha value is -0.570. The van der Waals surface area contributed by atoms with E-state index in [-0.39, 0.29) is 6.04 Å². The minimum absolute atomic E-state index is 0.202. The van der Waals surface area contributed by atoms with E-state index in [0.717, 1.165) is 25.9 Å². The van der Waals surface area contributed by atoms with Crippen LogP contribution in [0, 0.1) is 11.8 Å². The van der Waals surface area contributed by atoms with Crippen LogP contribution in [0.25, 0.3) is 0 Å². The van der Waals surface area contributed by atoms with E-state index in [1.54, 1.807) is 0 Å². The Morgan fingerprint density at radius 3 is 2.60 bits per heavy atom. The molecule has 0 aromatic carbocycles. The van der Waals surface area contributed by atoms with Gasteiger partial charge < -0.3 is 10.6 Å². The van der Waals surface area contributed by atoms with Crippen LogP contribution in [0.2, 0.25) is 0 Å². The third-order valence-electron chi connectivity index (χ3n) is 3.48. The summed E-state index contributed by atoms with van der Waals surface area (Å²) in [4.78, 5) is 13.9. The largest absolute Gasteiger partial charge is 0.341 e. The molecule has 1 heterocycles. The quantitative estimate of drug-likeness (QED) is 0.769. The maximum absolute atomic E-state index is 11.9. The standard InChI is InChI=1S/C12H24N2O/c1-4-10(9(2)3)7-12(15)14-6-5-11(13)8-14/h9-11H,4-8,13H2,1-3H3/t10?,11-/m1/s1. The predicted octanol–water partition coefficient (Wildman–Crippen LogP) is 1.62. The Morgan fingerprint density at radius 1 is 1.53 bits per heavy atom. The zero-order valence-electron chi connectivity index (χ0n) is 10.2. The van der Waals surface area contributed by atoms with Gasteiger partial charge in [-0.3, -0.25) is 4.79 Å². The number of rotatable bonds is 4. The number of carbonyl (C=O) groups is 1. The summed E-state index contributed by atoms with van der Waals surface area (Å²) in [5.74, 6) is 1.41. The first kappa shape index (κ1) is 12.5. The molecule has 2 N–H and O–H groups in total. The normalized spacial score (nSPS) is 23.5. The van der Waals surface area contributed by atoms with Gasteiger partial charge >= 0.3 is 0 Å². The summed E-state index contributed by atoms with van der Waals surface area (Å²) in [6.45, 7) is 8.16. The molecule has 1 amide bonds. The van der Waals surface area contributed by atoms with Gasteiger partial charge in [-0.15, -0.1) is 0 Å². The van der Waals surface area contributed by atoms with E-state index in [1.807, 2.05) is 4.90 Å². The van der Waals surface area contributed by atoms with E-state index in [9.17, 15) is 4.79 Å². The van der Waals surface area contributed by atoms with Crippen molar-refractivity contribution in [2.75, 3.05) is 13.1 Å². The van der Waals surface area contributed by atoms with Gasteiger partial charge in [0.1, 0.15) is 0 Å². The molecule has 0 aromatic rings. The second-order valence-corrected chi connectivity index (χ2v) is 5.00. The van der Waals surface area contributed by atoms with Crippen molar-refractivity contribution in [1.82, 2.24) is 4.90 Å². The van der Waals surface area contributed by atoms with Crippen LogP contribution in [0.3, 0.4) is 0 Å². The highest BCUT2D eigenvalue weighted by molar-refractivity contribution is 5.76. The number of nitrogens with zero attached hydrogens (tertiary/aromatic N) is 1. The van der Waals surface area contributed by atoms with Crippen LogP contribution in [0.1, 0.15) is 40.0 Å². The summed E-state index contributed by atoms with van der Waals surface area (Å²) in [6.07, 6.45) is 2.74. The lowest BCUT2D eigenvalue weighted by atomic mass is 9.90. The molecule has 1 aliphatic rings. The molecular formula is C12H24N2O. The van der Waals surface area contributed by atoms with Gasteiger partial charge in [0.25, 0.3) is 0 Å². The molecule has 15 heavy (non-hydrogen) atoms. The van der Waals surface area contributed by atoms with Crippen LogP contribution in [-0.4, -0.2) is 29.9 Å².